The van der Waals surface area contributed by atoms with Crippen molar-refractivity contribution in [3.05, 3.63) is 35.4 Å². The van der Waals surface area contributed by atoms with Gasteiger partial charge in [-0.1, -0.05) is 6.07 Å². The van der Waals surface area contributed by atoms with Crippen LogP contribution in [0.4, 0.5) is 0 Å². The van der Waals surface area contributed by atoms with Crippen molar-refractivity contribution in [1.82, 2.24) is 25.4 Å². The molecule has 3 rings (SSSR count). The number of aliphatic imine (C=N–C) groups is 1. The summed E-state index contributed by atoms with van der Waals surface area (Å²) in [5.74, 6) is 5.20. The van der Waals surface area contributed by atoms with E-state index in [1.165, 1.54) is 0 Å². The van der Waals surface area contributed by atoms with Crippen molar-refractivity contribution in [2.24, 2.45) is 12.0 Å². The molecule has 2 heterocycles. The topological polar surface area (TPSA) is 85.6 Å². The minimum absolute atomic E-state index is 0.281. The smallest absolute Gasteiger partial charge is 0.231 e. The summed E-state index contributed by atoms with van der Waals surface area (Å²) in [5, 5.41) is 15.0. The van der Waals surface area contributed by atoms with Crippen molar-refractivity contribution < 1.29 is 9.47 Å². The van der Waals surface area contributed by atoms with Crippen molar-refractivity contribution in [1.29, 1.82) is 0 Å². The molecule has 9 heteroatoms. The van der Waals surface area contributed by atoms with Gasteiger partial charge in [-0.25, -0.2) is 4.99 Å². The van der Waals surface area contributed by atoms with Crippen molar-refractivity contribution >= 4 is 17.7 Å². The zero-order chi connectivity index (χ0) is 19.1. The molecule has 0 aliphatic carbocycles. The molecule has 1 aliphatic rings. The maximum absolute atomic E-state index is 5.44. The fourth-order valence-electron chi connectivity index (χ4n) is 2.57. The molecule has 146 valence electrons. The average molecular weight is 391 g/mol. The van der Waals surface area contributed by atoms with Crippen LogP contribution < -0.4 is 20.1 Å². The van der Waals surface area contributed by atoms with Gasteiger partial charge >= 0.3 is 0 Å². The zero-order valence-corrected chi connectivity index (χ0v) is 16.8. The lowest BCUT2D eigenvalue weighted by Crippen LogP contribution is -2.38. The molecule has 0 radical (unpaired) electrons. The Balaban J connectivity index is 1.62. The minimum Gasteiger partial charge on any atom is -0.454 e. The molecule has 8 nitrogen and oxygen atoms in total. The Bertz CT molecular complexity index is 792. The minimum atomic E-state index is 0.281. The van der Waals surface area contributed by atoms with Gasteiger partial charge in [0.15, 0.2) is 23.3 Å². The van der Waals surface area contributed by atoms with Gasteiger partial charge in [-0.3, -0.25) is 0 Å². The number of hydrogen-bond donors (Lipinski definition) is 2. The van der Waals surface area contributed by atoms with E-state index < -0.39 is 0 Å². The first-order valence-electron chi connectivity index (χ1n) is 8.92. The van der Waals surface area contributed by atoms with Crippen LogP contribution in [0.25, 0.3) is 0 Å². The third kappa shape index (κ3) is 5.29. The van der Waals surface area contributed by atoms with Crippen LogP contribution in [-0.4, -0.2) is 46.1 Å². The first-order valence-corrected chi connectivity index (χ1v) is 10.3. The van der Waals surface area contributed by atoms with Gasteiger partial charge in [-0.15, -0.1) is 10.2 Å². The number of nitrogens with zero attached hydrogens (tertiary/aromatic N) is 4. The molecule has 1 aliphatic heterocycles. The molecule has 1 aromatic carbocycles. The summed E-state index contributed by atoms with van der Waals surface area (Å²) in [5.41, 5.74) is 1.07. The lowest BCUT2D eigenvalue weighted by Gasteiger charge is -2.12. The summed E-state index contributed by atoms with van der Waals surface area (Å²) in [6, 6.07) is 5.91. The number of benzene rings is 1. The number of ether oxygens (including phenoxy) is 2. The van der Waals surface area contributed by atoms with E-state index in [-0.39, 0.29) is 6.79 Å². The van der Waals surface area contributed by atoms with E-state index in [2.05, 4.69) is 27.1 Å². The second kappa shape index (κ2) is 9.50. The second-order valence-electron chi connectivity index (χ2n) is 6.20. The van der Waals surface area contributed by atoms with E-state index in [4.69, 9.17) is 14.5 Å². The third-order valence-corrected chi connectivity index (χ3v) is 4.97. The van der Waals surface area contributed by atoms with Crippen molar-refractivity contribution in [3.63, 3.8) is 0 Å². The Morgan fingerprint density at radius 2 is 2.11 bits per heavy atom. The van der Waals surface area contributed by atoms with E-state index >= 15 is 0 Å². The zero-order valence-electron chi connectivity index (χ0n) is 16.0. The third-order valence-electron chi connectivity index (χ3n) is 4.27. The normalized spacial score (nSPS) is 13.1. The molecule has 0 fully saturated rings. The highest BCUT2D eigenvalue weighted by Crippen LogP contribution is 2.32. The summed E-state index contributed by atoms with van der Waals surface area (Å²) < 4.78 is 12.8. The van der Waals surface area contributed by atoms with Crippen LogP contribution in [0.2, 0.25) is 0 Å². The second-order valence-corrected chi connectivity index (χ2v) is 7.19. The van der Waals surface area contributed by atoms with Crippen LogP contribution in [0.3, 0.4) is 0 Å². The number of rotatable bonds is 8. The Morgan fingerprint density at radius 3 is 2.89 bits per heavy atom. The Labute approximate surface area is 163 Å². The van der Waals surface area contributed by atoms with Crippen LogP contribution >= 0.6 is 11.8 Å². The molecule has 0 atom stereocenters. The van der Waals surface area contributed by atoms with Crippen molar-refractivity contribution in [3.8, 4) is 11.5 Å². The van der Waals surface area contributed by atoms with Gasteiger partial charge < -0.3 is 24.7 Å². The SMILES string of the molecule is CSCCCNC(=NCc1ccc2c(c1)OCO2)NCc1nnc(C)n1C. The van der Waals surface area contributed by atoms with E-state index in [0.29, 0.717) is 13.1 Å². The summed E-state index contributed by atoms with van der Waals surface area (Å²) in [4.78, 5) is 4.70. The summed E-state index contributed by atoms with van der Waals surface area (Å²) in [6.07, 6.45) is 3.19. The molecule has 0 spiro atoms. The Kier molecular flexibility index (Phi) is 6.80. The summed E-state index contributed by atoms with van der Waals surface area (Å²) in [7, 11) is 1.96. The van der Waals surface area contributed by atoms with Crippen molar-refractivity contribution in [2.75, 3.05) is 25.3 Å². The van der Waals surface area contributed by atoms with Gasteiger partial charge in [0.05, 0.1) is 13.1 Å². The molecule has 1 aromatic heterocycles. The number of thioether (sulfide) groups is 1. The highest BCUT2D eigenvalue weighted by Gasteiger charge is 2.13. The number of aromatic nitrogens is 3. The molecule has 0 unspecified atom stereocenters. The summed E-state index contributed by atoms with van der Waals surface area (Å²) >= 11 is 1.84. The van der Waals surface area contributed by atoms with Gasteiger partial charge in [-0.05, 0) is 43.0 Å². The van der Waals surface area contributed by atoms with Gasteiger partial charge in [0.1, 0.15) is 5.82 Å². The maximum atomic E-state index is 5.44. The Hall–Kier alpha value is -2.42. The predicted octanol–water partition coefficient (Wildman–Crippen LogP) is 1.84. The molecule has 27 heavy (non-hydrogen) atoms. The van der Waals surface area contributed by atoms with Gasteiger partial charge in [0.2, 0.25) is 6.79 Å². The summed E-state index contributed by atoms with van der Waals surface area (Å²) in [6.45, 7) is 4.19. The van der Waals surface area contributed by atoms with E-state index in [9.17, 15) is 0 Å². The molecular weight excluding hydrogens is 364 g/mol. The van der Waals surface area contributed by atoms with Gasteiger partial charge in [0.25, 0.3) is 0 Å². The monoisotopic (exact) mass is 390 g/mol. The molecule has 0 saturated carbocycles. The van der Waals surface area contributed by atoms with Crippen LogP contribution in [0.5, 0.6) is 11.5 Å². The lowest BCUT2D eigenvalue weighted by atomic mass is 10.2. The molecule has 0 amide bonds. The van der Waals surface area contributed by atoms with Gasteiger partial charge in [-0.2, -0.15) is 11.8 Å². The average Bonchev–Trinajstić information content (AvgIpc) is 3.27. The number of guanidine groups is 1. The first kappa shape index (κ1) is 19.3. The highest BCUT2D eigenvalue weighted by atomic mass is 32.2. The van der Waals surface area contributed by atoms with E-state index in [1.54, 1.807) is 0 Å². The van der Waals surface area contributed by atoms with Crippen LogP contribution in [0.1, 0.15) is 23.6 Å². The number of aryl methyl sites for hydroxylation is 1. The largest absolute Gasteiger partial charge is 0.454 e. The molecule has 0 saturated heterocycles. The van der Waals surface area contributed by atoms with Gasteiger partial charge in [0, 0.05) is 13.6 Å². The molecule has 2 N–H and O–H groups in total. The molecule has 0 bridgehead atoms. The van der Waals surface area contributed by atoms with Crippen LogP contribution in [-0.2, 0) is 20.1 Å². The number of fused-ring (bicyclic) bond motifs is 1. The highest BCUT2D eigenvalue weighted by molar-refractivity contribution is 7.98. The predicted molar refractivity (Wildman–Crippen MR) is 107 cm³/mol. The van der Waals surface area contributed by atoms with Crippen LogP contribution in [0.15, 0.2) is 23.2 Å². The fourth-order valence-corrected chi connectivity index (χ4v) is 3.01. The number of nitrogens with one attached hydrogen (secondary N) is 2. The fraction of sp³-hybridized carbons (Fsp3) is 0.500. The quantitative estimate of drug-likeness (QED) is 0.404. The molecular formula is C18H26N6O2S. The van der Waals surface area contributed by atoms with Crippen molar-refractivity contribution in [2.45, 2.75) is 26.4 Å². The van der Waals surface area contributed by atoms with Crippen LogP contribution in [0, 0.1) is 6.92 Å². The first-order chi connectivity index (χ1) is 13.2. The molecule has 2 aromatic rings. The number of hydrogen-bond acceptors (Lipinski definition) is 6. The maximum Gasteiger partial charge on any atom is 0.231 e. The Morgan fingerprint density at radius 1 is 1.26 bits per heavy atom. The van der Waals surface area contributed by atoms with E-state index in [0.717, 1.165) is 53.4 Å². The lowest BCUT2D eigenvalue weighted by molar-refractivity contribution is 0.174. The standard InChI is InChI=1S/C18H26N6O2S/c1-13-22-23-17(24(13)2)11-21-18(19-7-4-8-27-3)20-10-14-5-6-15-16(9-14)26-12-25-15/h5-6,9H,4,7-8,10-12H2,1-3H3,(H2,19,20,21). The van der Waals surface area contributed by atoms with E-state index in [1.807, 2.05) is 48.5 Å².